The molecule has 1 aliphatic rings. The van der Waals surface area contributed by atoms with Crippen molar-refractivity contribution in [2.75, 3.05) is 6.61 Å². The molecule has 0 amide bonds. The molecule has 4 unspecified atom stereocenters. The van der Waals surface area contributed by atoms with E-state index < -0.39 is 0 Å². The molecule has 2 heteroatoms. The Morgan fingerprint density at radius 2 is 2.11 bits per heavy atom. The molecule has 2 rings (SSSR count). The smallest absolute Gasteiger partial charge is 0.119 e. The van der Waals surface area contributed by atoms with Crippen molar-refractivity contribution in [2.24, 2.45) is 11.8 Å². The summed E-state index contributed by atoms with van der Waals surface area (Å²) in [7, 11) is 2.86. The summed E-state index contributed by atoms with van der Waals surface area (Å²) < 4.78 is 5.74. The molecule has 98 valence electrons. The number of hydrogen-bond donors (Lipinski definition) is 0. The van der Waals surface area contributed by atoms with Crippen LogP contribution in [0.5, 0.6) is 5.75 Å². The first kappa shape index (κ1) is 13.6. The second-order valence-electron chi connectivity index (χ2n) is 5.24. The average molecular weight is 262 g/mol. The molecule has 0 bridgehead atoms. The standard InChI is InChI=1S/C16H23OP/c1-13-6-5-7-14(13)10-11-16(18)12-17-15-8-3-2-4-9-15/h2-4,8-11,13-14,16H,5-7,12,18H2,1H3/b11-10+. The van der Waals surface area contributed by atoms with Crippen LogP contribution < -0.4 is 4.74 Å². The minimum absolute atomic E-state index is 0.401. The maximum absolute atomic E-state index is 5.74. The van der Waals surface area contributed by atoms with E-state index in [0.717, 1.165) is 24.2 Å². The summed E-state index contributed by atoms with van der Waals surface area (Å²) >= 11 is 0. The summed E-state index contributed by atoms with van der Waals surface area (Å²) in [5.74, 6) is 2.59. The van der Waals surface area contributed by atoms with Crippen LogP contribution in [0.1, 0.15) is 26.2 Å². The molecule has 1 aliphatic carbocycles. The van der Waals surface area contributed by atoms with Crippen molar-refractivity contribution in [2.45, 2.75) is 31.8 Å². The van der Waals surface area contributed by atoms with E-state index in [-0.39, 0.29) is 0 Å². The molecular formula is C16H23OP. The zero-order valence-corrected chi connectivity index (χ0v) is 12.2. The van der Waals surface area contributed by atoms with Crippen LogP contribution >= 0.6 is 9.24 Å². The van der Waals surface area contributed by atoms with E-state index >= 15 is 0 Å². The van der Waals surface area contributed by atoms with Gasteiger partial charge in [-0.3, -0.25) is 0 Å². The van der Waals surface area contributed by atoms with E-state index in [1.807, 2.05) is 30.3 Å². The van der Waals surface area contributed by atoms with Gasteiger partial charge in [-0.2, -0.15) is 0 Å². The summed E-state index contributed by atoms with van der Waals surface area (Å²) in [6.07, 6.45) is 8.81. The van der Waals surface area contributed by atoms with Crippen LogP contribution in [0.4, 0.5) is 0 Å². The second kappa shape index (κ2) is 6.95. The number of para-hydroxylation sites is 1. The molecule has 0 aromatic heterocycles. The quantitative estimate of drug-likeness (QED) is 0.568. The lowest BCUT2D eigenvalue weighted by atomic mass is 9.97. The summed E-state index contributed by atoms with van der Waals surface area (Å²) in [5, 5.41) is 0. The Kier molecular flexibility index (Phi) is 5.26. The lowest BCUT2D eigenvalue weighted by Crippen LogP contribution is -2.09. The number of rotatable bonds is 5. The lowest BCUT2D eigenvalue weighted by molar-refractivity contribution is 0.328. The predicted octanol–water partition coefficient (Wildman–Crippen LogP) is 4.30. The molecule has 1 nitrogen and oxygen atoms in total. The van der Waals surface area contributed by atoms with Crippen LogP contribution in [-0.4, -0.2) is 12.3 Å². The topological polar surface area (TPSA) is 9.23 Å². The van der Waals surface area contributed by atoms with Crippen molar-refractivity contribution in [3.8, 4) is 5.75 Å². The molecular weight excluding hydrogens is 239 g/mol. The van der Waals surface area contributed by atoms with E-state index in [4.69, 9.17) is 4.74 Å². The lowest BCUT2D eigenvalue weighted by Gasteiger charge is -2.12. The van der Waals surface area contributed by atoms with Gasteiger partial charge in [0, 0.05) is 5.66 Å². The third-order valence-corrected chi connectivity index (χ3v) is 4.13. The highest BCUT2D eigenvalue weighted by atomic mass is 31.0. The van der Waals surface area contributed by atoms with Gasteiger partial charge < -0.3 is 4.74 Å². The maximum Gasteiger partial charge on any atom is 0.119 e. The third kappa shape index (κ3) is 4.14. The van der Waals surface area contributed by atoms with E-state index in [1.54, 1.807) is 0 Å². The Morgan fingerprint density at radius 1 is 1.33 bits per heavy atom. The number of benzene rings is 1. The minimum Gasteiger partial charge on any atom is -0.493 e. The average Bonchev–Trinajstić information content (AvgIpc) is 2.81. The van der Waals surface area contributed by atoms with Gasteiger partial charge in [0.25, 0.3) is 0 Å². The highest BCUT2D eigenvalue weighted by Crippen LogP contribution is 2.32. The molecule has 1 saturated carbocycles. The first-order valence-electron chi connectivity index (χ1n) is 6.87. The summed E-state index contributed by atoms with van der Waals surface area (Å²) in [5.41, 5.74) is 0.401. The Hall–Kier alpha value is -0.810. The first-order valence-corrected chi connectivity index (χ1v) is 7.54. The van der Waals surface area contributed by atoms with Crippen LogP contribution in [0.15, 0.2) is 42.5 Å². The van der Waals surface area contributed by atoms with E-state index in [1.165, 1.54) is 19.3 Å². The summed E-state index contributed by atoms with van der Waals surface area (Å²) in [4.78, 5) is 0. The zero-order valence-electron chi connectivity index (χ0n) is 11.1. The first-order chi connectivity index (χ1) is 8.75. The van der Waals surface area contributed by atoms with Crippen LogP contribution in [-0.2, 0) is 0 Å². The molecule has 1 fully saturated rings. The normalized spacial score (nSPS) is 25.4. The van der Waals surface area contributed by atoms with Crippen LogP contribution in [0.3, 0.4) is 0 Å². The van der Waals surface area contributed by atoms with Crippen molar-refractivity contribution in [3.05, 3.63) is 42.5 Å². The molecule has 0 radical (unpaired) electrons. The van der Waals surface area contributed by atoms with Crippen molar-refractivity contribution in [3.63, 3.8) is 0 Å². The summed E-state index contributed by atoms with van der Waals surface area (Å²) in [6.45, 7) is 3.09. The van der Waals surface area contributed by atoms with Gasteiger partial charge >= 0.3 is 0 Å². The van der Waals surface area contributed by atoms with Gasteiger partial charge in [-0.05, 0) is 30.4 Å². The Labute approximate surface area is 113 Å². The molecule has 18 heavy (non-hydrogen) atoms. The maximum atomic E-state index is 5.74. The van der Waals surface area contributed by atoms with Crippen LogP contribution in [0.25, 0.3) is 0 Å². The Balaban J connectivity index is 1.75. The highest BCUT2D eigenvalue weighted by molar-refractivity contribution is 7.18. The van der Waals surface area contributed by atoms with Crippen molar-refractivity contribution in [1.29, 1.82) is 0 Å². The van der Waals surface area contributed by atoms with Gasteiger partial charge in [0.1, 0.15) is 5.75 Å². The zero-order chi connectivity index (χ0) is 12.8. The molecule has 0 N–H and O–H groups in total. The summed E-state index contributed by atoms with van der Waals surface area (Å²) in [6, 6.07) is 10.0. The van der Waals surface area contributed by atoms with Crippen LogP contribution in [0, 0.1) is 11.8 Å². The highest BCUT2D eigenvalue weighted by Gasteiger charge is 2.20. The minimum atomic E-state index is 0.401. The molecule has 1 aromatic rings. The van der Waals surface area contributed by atoms with E-state index in [9.17, 15) is 0 Å². The third-order valence-electron chi connectivity index (χ3n) is 3.72. The largest absolute Gasteiger partial charge is 0.493 e. The number of allylic oxidation sites excluding steroid dienone is 1. The van der Waals surface area contributed by atoms with Gasteiger partial charge in [0.05, 0.1) is 6.61 Å². The monoisotopic (exact) mass is 262 g/mol. The fraction of sp³-hybridized carbons (Fsp3) is 0.500. The van der Waals surface area contributed by atoms with Gasteiger partial charge in [0.15, 0.2) is 0 Å². The fourth-order valence-corrected chi connectivity index (χ4v) is 2.73. The molecule has 1 aromatic carbocycles. The molecule has 0 heterocycles. The van der Waals surface area contributed by atoms with Crippen molar-refractivity contribution < 1.29 is 4.74 Å². The van der Waals surface area contributed by atoms with Gasteiger partial charge in [-0.1, -0.05) is 50.1 Å². The van der Waals surface area contributed by atoms with Gasteiger partial charge in [-0.15, -0.1) is 9.24 Å². The number of ether oxygens (including phenoxy) is 1. The Morgan fingerprint density at radius 3 is 2.78 bits per heavy atom. The van der Waals surface area contributed by atoms with Gasteiger partial charge in [0.2, 0.25) is 0 Å². The second-order valence-corrected chi connectivity index (χ2v) is 6.10. The predicted molar refractivity (Wildman–Crippen MR) is 81.1 cm³/mol. The SMILES string of the molecule is CC1CCCC1/C=C/C(P)COc1ccccc1. The van der Waals surface area contributed by atoms with Crippen LogP contribution in [0.2, 0.25) is 0 Å². The van der Waals surface area contributed by atoms with E-state index in [2.05, 4.69) is 28.3 Å². The molecule has 0 spiro atoms. The van der Waals surface area contributed by atoms with Crippen molar-refractivity contribution >= 4 is 9.24 Å². The number of hydrogen-bond acceptors (Lipinski definition) is 1. The van der Waals surface area contributed by atoms with Crippen molar-refractivity contribution in [1.82, 2.24) is 0 Å². The molecule has 4 atom stereocenters. The molecule has 0 aliphatic heterocycles. The fourth-order valence-electron chi connectivity index (χ4n) is 2.51. The van der Waals surface area contributed by atoms with Gasteiger partial charge in [-0.25, -0.2) is 0 Å². The molecule has 0 saturated heterocycles. The Bertz CT molecular complexity index is 374. The van der Waals surface area contributed by atoms with E-state index in [0.29, 0.717) is 5.66 Å².